The third-order valence-corrected chi connectivity index (χ3v) is 22.0. The lowest BCUT2D eigenvalue weighted by Crippen LogP contribution is -2.13. The molecule has 0 amide bonds. The summed E-state index contributed by atoms with van der Waals surface area (Å²) in [6, 6.07) is 51.9. The van der Waals surface area contributed by atoms with E-state index in [1.165, 1.54) is 0 Å². The molecule has 0 spiro atoms. The number of hydrogen-bond donors (Lipinski definition) is 0. The van der Waals surface area contributed by atoms with Crippen molar-refractivity contribution in [1.29, 1.82) is 0 Å². The summed E-state index contributed by atoms with van der Waals surface area (Å²) in [6.45, 7) is 35.1. The monoisotopic (exact) mass is 1340 g/mol. The Hall–Kier alpha value is -10.8. The minimum atomic E-state index is -0.221. The maximum Gasteiger partial charge on any atom is 0.190 e. The zero-order valence-corrected chi connectivity index (χ0v) is 60.8. The number of nitrogens with zero attached hydrogens (tertiary/aromatic N) is 2. The molecule has 0 aliphatic rings. The van der Waals surface area contributed by atoms with Gasteiger partial charge in [-0.25, -0.2) is 0 Å². The van der Waals surface area contributed by atoms with Gasteiger partial charge in [-0.2, -0.15) is 0 Å². The van der Waals surface area contributed by atoms with Crippen LogP contribution in [0, 0.1) is 0 Å². The smallest absolute Gasteiger partial charge is 0.190 e. The SMILES string of the molecule is CC(C)c1cccc(C(C)C)c1Oc1cc2c3c(cc(Oc4c(C(C)C)cccc4C(C)C)c4c5c(Oc6c(C(C)C)cccc6C(C)C)cc6c7c(cc(Oc8c(C(C)C)cccc8C(C)C)c(c1c43)c57)c1cc(=O)c3cccc4c(=O)cc6n1c34)c1cc(=O)c3cccc4c(=O)cc2n1c43. The fourth-order valence-electron chi connectivity index (χ4n) is 17.1. The maximum absolute atomic E-state index is 15.2. The molecule has 102 heavy (non-hydrogen) atoms. The average Bonchev–Trinajstić information content (AvgIpc) is 0.664. The number of pyridine rings is 6. The topological polar surface area (TPSA) is 114 Å². The average molecular weight is 1340 g/mol. The van der Waals surface area contributed by atoms with Gasteiger partial charge >= 0.3 is 0 Å². The van der Waals surface area contributed by atoms with Crippen molar-refractivity contribution in [2.75, 3.05) is 0 Å². The molecule has 0 N–H and O–H groups in total. The second kappa shape index (κ2) is 23.4. The summed E-state index contributed by atoms with van der Waals surface area (Å²) in [5, 5.41) is 10.3. The zero-order chi connectivity index (χ0) is 71.2. The van der Waals surface area contributed by atoms with Crippen LogP contribution in [0.2, 0.25) is 0 Å². The van der Waals surface area contributed by atoms with Crippen molar-refractivity contribution in [3.63, 3.8) is 0 Å². The van der Waals surface area contributed by atoms with Gasteiger partial charge in [0, 0.05) is 110 Å². The van der Waals surface area contributed by atoms with E-state index >= 15 is 19.2 Å². The minimum Gasteiger partial charge on any atom is -0.456 e. The van der Waals surface area contributed by atoms with Crippen LogP contribution in [0.4, 0.5) is 0 Å². The third-order valence-electron chi connectivity index (χ3n) is 22.0. The lowest BCUT2D eigenvalue weighted by molar-refractivity contribution is 0.464. The molecule has 0 saturated heterocycles. The van der Waals surface area contributed by atoms with E-state index in [1.54, 1.807) is 36.4 Å². The summed E-state index contributed by atoms with van der Waals surface area (Å²) >= 11 is 0. The number of aromatic nitrogens is 2. The van der Waals surface area contributed by atoms with Crippen molar-refractivity contribution in [1.82, 2.24) is 8.80 Å². The molecular formula is C92H82N2O8. The molecule has 11 aromatic carbocycles. The van der Waals surface area contributed by atoms with Crippen molar-refractivity contribution >= 4 is 119 Å². The summed E-state index contributed by atoms with van der Waals surface area (Å²) < 4.78 is 36.8. The number of fused-ring (bicyclic) bond motifs is 6. The number of hydrogen-bond acceptors (Lipinski definition) is 8. The highest BCUT2D eigenvalue weighted by Gasteiger charge is 2.35. The molecule has 0 fully saturated rings. The Morgan fingerprint density at radius 2 is 0.412 bits per heavy atom. The van der Waals surface area contributed by atoms with Gasteiger partial charge in [0.05, 0.1) is 33.1 Å². The molecule has 508 valence electrons. The molecule has 0 bridgehead atoms. The van der Waals surface area contributed by atoms with Gasteiger partial charge in [-0.15, -0.1) is 0 Å². The van der Waals surface area contributed by atoms with Gasteiger partial charge in [-0.1, -0.05) is 196 Å². The molecule has 0 radical (unpaired) electrons. The van der Waals surface area contributed by atoms with Crippen molar-refractivity contribution < 1.29 is 18.9 Å². The van der Waals surface area contributed by atoms with Gasteiger partial charge in [0.25, 0.3) is 0 Å². The second-order valence-corrected chi connectivity index (χ2v) is 31.0. The molecule has 17 aromatic rings. The van der Waals surface area contributed by atoms with Gasteiger partial charge in [0.2, 0.25) is 0 Å². The molecule has 0 aliphatic carbocycles. The van der Waals surface area contributed by atoms with E-state index in [0.29, 0.717) is 144 Å². The fraction of sp³-hybridized carbons (Fsp3) is 0.261. The Morgan fingerprint density at radius 1 is 0.225 bits per heavy atom. The summed E-state index contributed by atoms with van der Waals surface area (Å²) in [5.74, 6) is 4.94. The van der Waals surface area contributed by atoms with Crippen LogP contribution in [0.1, 0.15) is 203 Å². The third kappa shape index (κ3) is 9.29. The van der Waals surface area contributed by atoms with Crippen LogP contribution in [-0.2, 0) is 0 Å². The molecule has 0 atom stereocenters. The minimum absolute atomic E-state index is 0.0168. The first-order valence-electron chi connectivity index (χ1n) is 36.4. The van der Waals surface area contributed by atoms with E-state index in [-0.39, 0.29) is 69.1 Å². The highest BCUT2D eigenvalue weighted by Crippen LogP contribution is 2.61. The van der Waals surface area contributed by atoms with E-state index in [0.717, 1.165) is 66.1 Å². The van der Waals surface area contributed by atoms with E-state index in [4.69, 9.17) is 18.9 Å². The molecule has 17 rings (SSSR count). The van der Waals surface area contributed by atoms with Crippen LogP contribution in [-0.4, -0.2) is 8.80 Å². The predicted molar refractivity (Wildman–Crippen MR) is 423 cm³/mol. The van der Waals surface area contributed by atoms with Crippen molar-refractivity contribution in [2.24, 2.45) is 0 Å². The summed E-state index contributed by atoms with van der Waals surface area (Å²) in [4.78, 5) is 60.9. The highest BCUT2D eigenvalue weighted by atomic mass is 16.5. The van der Waals surface area contributed by atoms with Crippen LogP contribution in [0.25, 0.3) is 119 Å². The van der Waals surface area contributed by atoms with E-state index < -0.39 is 0 Å². The summed E-state index contributed by atoms with van der Waals surface area (Å²) in [7, 11) is 0. The number of benzene rings is 11. The Balaban J connectivity index is 1.24. The van der Waals surface area contributed by atoms with E-state index in [1.807, 2.05) is 24.3 Å². The number of rotatable bonds is 16. The molecule has 0 saturated carbocycles. The van der Waals surface area contributed by atoms with Gasteiger partial charge in [0.1, 0.15) is 46.0 Å². The largest absolute Gasteiger partial charge is 0.456 e. The van der Waals surface area contributed by atoms with Crippen LogP contribution < -0.4 is 40.7 Å². The quantitative estimate of drug-likeness (QED) is 0.0694. The normalized spacial score (nSPS) is 12.8. The first kappa shape index (κ1) is 64.5. The summed E-state index contributed by atoms with van der Waals surface area (Å²) in [5.41, 5.74) is 10.7. The van der Waals surface area contributed by atoms with Gasteiger partial charge in [-0.3, -0.25) is 19.2 Å². The second-order valence-electron chi connectivity index (χ2n) is 31.0. The molecular weight excluding hydrogens is 1260 g/mol. The number of para-hydroxylation sites is 6. The predicted octanol–water partition coefficient (Wildman–Crippen LogP) is 24.5. The Kier molecular flexibility index (Phi) is 14.8. The van der Waals surface area contributed by atoms with E-state index in [2.05, 4.69) is 217 Å². The molecule has 6 aromatic heterocycles. The van der Waals surface area contributed by atoms with Crippen molar-refractivity contribution in [3.05, 3.63) is 243 Å². The van der Waals surface area contributed by atoms with Crippen molar-refractivity contribution in [2.45, 2.75) is 158 Å². The van der Waals surface area contributed by atoms with E-state index in [9.17, 15) is 0 Å². The Bertz CT molecular complexity index is 5740. The van der Waals surface area contributed by atoms with Crippen LogP contribution in [0.3, 0.4) is 0 Å². The lowest BCUT2D eigenvalue weighted by Gasteiger charge is -2.29. The first-order valence-corrected chi connectivity index (χ1v) is 36.4. The zero-order valence-electron chi connectivity index (χ0n) is 60.8. The molecule has 10 nitrogen and oxygen atoms in total. The first-order chi connectivity index (χ1) is 48.9. The highest BCUT2D eigenvalue weighted by molar-refractivity contribution is 6.46. The molecule has 0 aliphatic heterocycles. The number of ether oxygens (including phenoxy) is 4. The van der Waals surface area contributed by atoms with Gasteiger partial charge in [0.15, 0.2) is 21.7 Å². The maximum atomic E-state index is 15.2. The van der Waals surface area contributed by atoms with Crippen LogP contribution in [0.15, 0.2) is 177 Å². The van der Waals surface area contributed by atoms with Gasteiger partial charge in [-0.05, 0) is 140 Å². The van der Waals surface area contributed by atoms with Gasteiger partial charge < -0.3 is 27.7 Å². The molecule has 10 heteroatoms. The fourth-order valence-corrected chi connectivity index (χ4v) is 17.1. The standard InChI is InChI=1S/C92H82N2O8/c1-43(2)51-23-17-24-52(44(3)4)89(51)99-75-35-63-67-39-71(95)59-31-21-32-60-72(96)40-68(93(67)87(59)60)64-37-77(101-91-55(47(9)10)27-19-28-56(91)48(11)12)83-84-78(102-92-57(49(13)14)29-20-30-58(92)50(15)16)38-66-70-42-74(98)62-34-22-33-61-73(97)41-69(94(70)88(61)62)65-36-76(82(86(84)80(65)66)81(75)85(83)79(63)64)100-90-53(45(5)6)25-18-26-54(90)46(7)8/h17-50H,1-16H3. The van der Waals surface area contributed by atoms with Crippen molar-refractivity contribution in [3.8, 4) is 46.0 Å². The Morgan fingerprint density at radius 3 is 0.598 bits per heavy atom. The van der Waals surface area contributed by atoms with Crippen LogP contribution in [0.5, 0.6) is 46.0 Å². The van der Waals surface area contributed by atoms with Crippen LogP contribution >= 0.6 is 0 Å². The molecule has 6 heterocycles. The lowest BCUT2D eigenvalue weighted by atomic mass is 9.83. The molecule has 0 unspecified atom stereocenters. The summed E-state index contributed by atoms with van der Waals surface area (Å²) in [6.07, 6.45) is 0. The Labute approximate surface area is 591 Å².